The van der Waals surface area contributed by atoms with Gasteiger partial charge < -0.3 is 10.1 Å². The lowest BCUT2D eigenvalue weighted by molar-refractivity contribution is -0.115. The van der Waals surface area contributed by atoms with Crippen LogP contribution in [0.1, 0.15) is 11.1 Å². The van der Waals surface area contributed by atoms with Gasteiger partial charge in [-0.3, -0.25) is 10.1 Å². The molecular formula is C21H16N2O2S. The van der Waals surface area contributed by atoms with Crippen molar-refractivity contribution in [3.05, 3.63) is 83.6 Å². The molecule has 1 heterocycles. The zero-order chi connectivity index (χ0) is 17.9. The second-order valence-electron chi connectivity index (χ2n) is 5.93. The highest BCUT2D eigenvalue weighted by molar-refractivity contribution is 7.80. The molecule has 0 aromatic heterocycles. The lowest BCUT2D eigenvalue weighted by Crippen LogP contribution is -2.21. The molecule has 0 atom stereocenters. The van der Waals surface area contributed by atoms with Gasteiger partial charge in [-0.25, -0.2) is 0 Å². The molecule has 4 rings (SSSR count). The van der Waals surface area contributed by atoms with Crippen molar-refractivity contribution in [3.63, 3.8) is 0 Å². The van der Waals surface area contributed by atoms with E-state index in [0.29, 0.717) is 23.2 Å². The van der Waals surface area contributed by atoms with E-state index in [0.717, 1.165) is 11.1 Å². The summed E-state index contributed by atoms with van der Waals surface area (Å²) in [6.07, 6.45) is 1.74. The third kappa shape index (κ3) is 3.30. The van der Waals surface area contributed by atoms with Crippen LogP contribution < -0.4 is 15.4 Å². The third-order valence-electron chi connectivity index (χ3n) is 4.20. The lowest BCUT2D eigenvalue weighted by Gasteiger charge is -2.11. The van der Waals surface area contributed by atoms with Gasteiger partial charge in [0.15, 0.2) is 5.11 Å². The topological polar surface area (TPSA) is 50.4 Å². The normalized spacial score (nSPS) is 15.2. The fraction of sp³-hybridized carbons (Fsp3) is 0.0476. The largest absolute Gasteiger partial charge is 0.488 e. The molecule has 3 aromatic carbocycles. The number of amides is 1. The Bertz CT molecular complexity index is 1040. The first kappa shape index (κ1) is 16.3. The number of nitrogens with one attached hydrogen (secondary N) is 2. The molecule has 1 aliphatic rings. The number of hydrogen-bond donors (Lipinski definition) is 2. The summed E-state index contributed by atoms with van der Waals surface area (Å²) < 4.78 is 6.07. The van der Waals surface area contributed by atoms with Crippen molar-refractivity contribution in [1.82, 2.24) is 10.6 Å². The minimum atomic E-state index is -0.237. The van der Waals surface area contributed by atoms with Crippen molar-refractivity contribution in [3.8, 4) is 5.75 Å². The molecule has 5 heteroatoms. The molecule has 1 fully saturated rings. The first-order valence-corrected chi connectivity index (χ1v) is 8.64. The van der Waals surface area contributed by atoms with Gasteiger partial charge in [0.05, 0.1) is 0 Å². The van der Waals surface area contributed by atoms with Gasteiger partial charge in [-0.05, 0) is 40.7 Å². The molecule has 0 unspecified atom stereocenters. The first-order chi connectivity index (χ1) is 12.7. The Hall–Kier alpha value is -3.18. The van der Waals surface area contributed by atoms with Crippen LogP contribution in [-0.4, -0.2) is 11.0 Å². The summed E-state index contributed by atoms with van der Waals surface area (Å²) >= 11 is 4.97. The Kier molecular flexibility index (Phi) is 4.37. The van der Waals surface area contributed by atoms with Gasteiger partial charge in [0.1, 0.15) is 18.1 Å². The maximum atomic E-state index is 11.9. The number of hydrogen-bond acceptors (Lipinski definition) is 3. The van der Waals surface area contributed by atoms with Crippen LogP contribution in [0.3, 0.4) is 0 Å². The van der Waals surface area contributed by atoms with Crippen LogP contribution in [0.15, 0.2) is 72.4 Å². The summed E-state index contributed by atoms with van der Waals surface area (Å²) in [5.74, 6) is 0.471. The Morgan fingerprint density at radius 2 is 1.69 bits per heavy atom. The van der Waals surface area contributed by atoms with E-state index in [1.807, 2.05) is 42.5 Å². The van der Waals surface area contributed by atoms with Gasteiger partial charge in [0, 0.05) is 5.56 Å². The maximum absolute atomic E-state index is 11.9. The van der Waals surface area contributed by atoms with Crippen LogP contribution in [0.4, 0.5) is 0 Å². The zero-order valence-corrected chi connectivity index (χ0v) is 14.7. The Morgan fingerprint density at radius 3 is 2.54 bits per heavy atom. The van der Waals surface area contributed by atoms with E-state index in [2.05, 4.69) is 34.9 Å². The van der Waals surface area contributed by atoms with Gasteiger partial charge >= 0.3 is 0 Å². The number of ether oxygens (including phenoxy) is 1. The molecular weight excluding hydrogens is 344 g/mol. The molecule has 26 heavy (non-hydrogen) atoms. The minimum Gasteiger partial charge on any atom is -0.488 e. The average Bonchev–Trinajstić information content (AvgIpc) is 2.98. The van der Waals surface area contributed by atoms with Crippen molar-refractivity contribution >= 4 is 40.1 Å². The highest BCUT2D eigenvalue weighted by Gasteiger charge is 2.20. The van der Waals surface area contributed by atoms with Crippen LogP contribution in [0, 0.1) is 0 Å². The maximum Gasteiger partial charge on any atom is 0.273 e. The zero-order valence-electron chi connectivity index (χ0n) is 13.9. The van der Waals surface area contributed by atoms with E-state index in [1.54, 1.807) is 6.08 Å². The van der Waals surface area contributed by atoms with Gasteiger partial charge in [-0.15, -0.1) is 0 Å². The number of rotatable bonds is 4. The summed E-state index contributed by atoms with van der Waals surface area (Å²) in [4.78, 5) is 11.9. The molecule has 1 aliphatic heterocycles. The van der Waals surface area contributed by atoms with Gasteiger partial charge in [-0.2, -0.15) is 0 Å². The number of para-hydroxylation sites is 1. The van der Waals surface area contributed by atoms with Crippen molar-refractivity contribution in [2.24, 2.45) is 0 Å². The highest BCUT2D eigenvalue weighted by atomic mass is 32.1. The van der Waals surface area contributed by atoms with Crippen molar-refractivity contribution < 1.29 is 9.53 Å². The fourth-order valence-corrected chi connectivity index (χ4v) is 3.15. The standard InChI is InChI=1S/C21H16N2O2S/c24-20-18(22-21(26)23-20)12-15-7-2-4-11-19(15)25-13-16-9-5-8-14-6-1-3-10-17(14)16/h1-12H,13H2,(H2,22,23,24,26)/b18-12-. The minimum absolute atomic E-state index is 0.237. The number of benzene rings is 3. The Balaban J connectivity index is 1.60. The van der Waals surface area contributed by atoms with Crippen LogP contribution in [0.2, 0.25) is 0 Å². The Labute approximate surface area is 156 Å². The summed E-state index contributed by atoms with van der Waals surface area (Å²) in [7, 11) is 0. The quantitative estimate of drug-likeness (QED) is 0.549. The summed E-state index contributed by atoms with van der Waals surface area (Å²) in [5, 5.41) is 8.08. The average molecular weight is 360 g/mol. The molecule has 1 saturated heterocycles. The van der Waals surface area contributed by atoms with Gasteiger partial charge in [0.25, 0.3) is 5.91 Å². The van der Waals surface area contributed by atoms with E-state index < -0.39 is 0 Å². The van der Waals surface area contributed by atoms with E-state index in [1.165, 1.54) is 10.8 Å². The Morgan fingerprint density at radius 1 is 0.923 bits per heavy atom. The second-order valence-corrected chi connectivity index (χ2v) is 6.34. The number of carbonyl (C=O) groups excluding carboxylic acids is 1. The third-order valence-corrected chi connectivity index (χ3v) is 4.41. The highest BCUT2D eigenvalue weighted by Crippen LogP contribution is 2.24. The monoisotopic (exact) mass is 360 g/mol. The molecule has 128 valence electrons. The smallest absolute Gasteiger partial charge is 0.273 e. The van der Waals surface area contributed by atoms with Crippen molar-refractivity contribution in [2.45, 2.75) is 6.61 Å². The summed E-state index contributed by atoms with van der Waals surface area (Å²) in [6, 6.07) is 22.0. The molecule has 2 N–H and O–H groups in total. The van der Waals surface area contributed by atoms with E-state index in [-0.39, 0.29) is 5.91 Å². The molecule has 3 aromatic rings. The molecule has 0 saturated carbocycles. The molecule has 0 spiro atoms. The molecule has 0 radical (unpaired) electrons. The van der Waals surface area contributed by atoms with E-state index in [4.69, 9.17) is 17.0 Å². The molecule has 4 nitrogen and oxygen atoms in total. The first-order valence-electron chi connectivity index (χ1n) is 8.23. The molecule has 1 amide bonds. The SMILES string of the molecule is O=C1NC(=S)N/C1=C\c1ccccc1OCc1cccc2ccccc12. The molecule has 0 aliphatic carbocycles. The fourth-order valence-electron chi connectivity index (χ4n) is 2.94. The lowest BCUT2D eigenvalue weighted by atomic mass is 10.1. The molecule has 0 bridgehead atoms. The van der Waals surface area contributed by atoms with Crippen molar-refractivity contribution in [2.75, 3.05) is 0 Å². The predicted octanol–water partition coefficient (Wildman–Crippen LogP) is 3.76. The van der Waals surface area contributed by atoms with Gasteiger partial charge in [-0.1, -0.05) is 60.7 Å². The predicted molar refractivity (Wildman–Crippen MR) is 107 cm³/mol. The summed E-state index contributed by atoms with van der Waals surface area (Å²) in [5.41, 5.74) is 2.34. The van der Waals surface area contributed by atoms with E-state index in [9.17, 15) is 4.79 Å². The number of carbonyl (C=O) groups is 1. The van der Waals surface area contributed by atoms with Crippen LogP contribution in [0.5, 0.6) is 5.75 Å². The van der Waals surface area contributed by atoms with Crippen LogP contribution in [-0.2, 0) is 11.4 Å². The van der Waals surface area contributed by atoms with Crippen molar-refractivity contribution in [1.29, 1.82) is 0 Å². The number of thiocarbonyl (C=S) groups is 1. The number of fused-ring (bicyclic) bond motifs is 1. The van der Waals surface area contributed by atoms with Gasteiger partial charge in [0.2, 0.25) is 0 Å². The van der Waals surface area contributed by atoms with E-state index >= 15 is 0 Å². The second kappa shape index (κ2) is 6.98. The van der Waals surface area contributed by atoms with Crippen LogP contribution in [0.25, 0.3) is 16.8 Å². The van der Waals surface area contributed by atoms with Crippen LogP contribution >= 0.6 is 12.2 Å². The summed E-state index contributed by atoms with van der Waals surface area (Å²) in [6.45, 7) is 0.444.